The highest BCUT2D eigenvalue weighted by Crippen LogP contribution is 2.28. The molecule has 5 N–H and O–H groups in total. The average Bonchev–Trinajstić information content (AvgIpc) is 3.18. The SMILES string of the molecule is CCOC(=O)Cn1c(=O)c(=O)[nH]c2cc([N+](=O)[O-])c(-n3ccc(CN)c3)cc21.O=S(=O)(O)O. The summed E-state index contributed by atoms with van der Waals surface area (Å²) >= 11 is 0. The van der Waals surface area contributed by atoms with Crippen LogP contribution in [0.15, 0.2) is 40.2 Å². The molecule has 0 unspecified atom stereocenters. The van der Waals surface area contributed by atoms with E-state index in [2.05, 4.69) is 4.98 Å². The number of nitrogens with zero attached hydrogens (tertiary/aromatic N) is 3. The first-order chi connectivity index (χ1) is 15.3. The highest BCUT2D eigenvalue weighted by Gasteiger charge is 2.21. The van der Waals surface area contributed by atoms with Crippen LogP contribution in [0.2, 0.25) is 0 Å². The number of rotatable bonds is 6. The monoisotopic (exact) mass is 485 g/mol. The Hall–Kier alpha value is -3.86. The van der Waals surface area contributed by atoms with E-state index in [0.29, 0.717) is 0 Å². The summed E-state index contributed by atoms with van der Waals surface area (Å²) in [6.07, 6.45) is 3.21. The van der Waals surface area contributed by atoms with Gasteiger partial charge in [0.15, 0.2) is 0 Å². The molecule has 2 heterocycles. The van der Waals surface area contributed by atoms with Gasteiger partial charge in [0.1, 0.15) is 12.2 Å². The molecule has 0 bridgehead atoms. The van der Waals surface area contributed by atoms with Crippen LogP contribution in [-0.2, 0) is 33.0 Å². The predicted octanol–water partition coefficient (Wildman–Crippen LogP) is -0.242. The number of carbonyl (C=O) groups excluding carboxylic acids is 1. The van der Waals surface area contributed by atoms with Crippen LogP contribution in [0.4, 0.5) is 5.69 Å². The van der Waals surface area contributed by atoms with Crippen molar-refractivity contribution in [1.82, 2.24) is 14.1 Å². The van der Waals surface area contributed by atoms with Crippen molar-refractivity contribution in [2.75, 3.05) is 6.61 Å². The van der Waals surface area contributed by atoms with E-state index in [4.69, 9.17) is 28.0 Å². The number of nitro groups is 1. The number of nitrogens with two attached hydrogens (primary N) is 1. The Morgan fingerprint density at radius 1 is 1.30 bits per heavy atom. The summed E-state index contributed by atoms with van der Waals surface area (Å²) in [5, 5.41) is 11.5. The lowest BCUT2D eigenvalue weighted by Crippen LogP contribution is -2.38. The molecule has 178 valence electrons. The van der Waals surface area contributed by atoms with Crippen molar-refractivity contribution >= 4 is 33.1 Å². The van der Waals surface area contributed by atoms with Crippen LogP contribution in [0.5, 0.6) is 0 Å². The van der Waals surface area contributed by atoms with Crippen molar-refractivity contribution in [1.29, 1.82) is 0 Å². The fourth-order valence-electron chi connectivity index (χ4n) is 2.85. The summed E-state index contributed by atoms with van der Waals surface area (Å²) in [5.74, 6) is -0.706. The van der Waals surface area contributed by atoms with Crippen molar-refractivity contribution in [3.8, 4) is 5.69 Å². The van der Waals surface area contributed by atoms with E-state index in [0.717, 1.165) is 16.2 Å². The van der Waals surface area contributed by atoms with Crippen LogP contribution < -0.4 is 16.9 Å². The Morgan fingerprint density at radius 3 is 2.45 bits per heavy atom. The Morgan fingerprint density at radius 2 is 1.94 bits per heavy atom. The molecular formula is C17H19N5O10S. The van der Waals surface area contributed by atoms with E-state index >= 15 is 0 Å². The number of hydrogen-bond donors (Lipinski definition) is 4. The number of aromatic nitrogens is 3. The topological polar surface area (TPSA) is 230 Å². The Labute approximate surface area is 184 Å². The van der Waals surface area contributed by atoms with Gasteiger partial charge in [0.05, 0.1) is 22.6 Å². The predicted molar refractivity (Wildman–Crippen MR) is 114 cm³/mol. The van der Waals surface area contributed by atoms with Gasteiger partial charge in [0, 0.05) is 25.0 Å². The van der Waals surface area contributed by atoms with Gasteiger partial charge in [-0.3, -0.25) is 38.2 Å². The fraction of sp³-hybridized carbons (Fsp3) is 0.235. The molecule has 0 saturated carbocycles. The number of H-pyrrole nitrogens is 1. The molecule has 1 aromatic carbocycles. The van der Waals surface area contributed by atoms with Gasteiger partial charge in [-0.1, -0.05) is 0 Å². The lowest BCUT2D eigenvalue weighted by Gasteiger charge is -2.12. The minimum absolute atomic E-state index is 0.0514. The number of esters is 1. The third-order valence-corrected chi connectivity index (χ3v) is 4.13. The van der Waals surface area contributed by atoms with Crippen molar-refractivity contribution in [3.63, 3.8) is 0 Å². The zero-order chi connectivity index (χ0) is 24.9. The van der Waals surface area contributed by atoms with Crippen LogP contribution in [-0.4, -0.2) is 49.1 Å². The summed E-state index contributed by atoms with van der Waals surface area (Å²) in [5.41, 5.74) is 4.45. The smallest absolute Gasteiger partial charge is 0.394 e. The molecule has 0 saturated heterocycles. The van der Waals surface area contributed by atoms with E-state index < -0.39 is 39.0 Å². The first-order valence-electron chi connectivity index (χ1n) is 9.03. The first-order valence-corrected chi connectivity index (χ1v) is 10.4. The summed E-state index contributed by atoms with van der Waals surface area (Å²) in [7, 11) is -4.67. The van der Waals surface area contributed by atoms with Gasteiger partial charge in [-0.2, -0.15) is 8.42 Å². The number of nitro benzene ring substituents is 1. The van der Waals surface area contributed by atoms with E-state index in [1.54, 1.807) is 25.4 Å². The number of nitrogens with one attached hydrogen (secondary N) is 1. The highest BCUT2D eigenvalue weighted by atomic mass is 32.3. The second kappa shape index (κ2) is 10.2. The number of ether oxygens (including phenoxy) is 1. The van der Waals surface area contributed by atoms with Gasteiger partial charge in [-0.25, -0.2) is 0 Å². The third-order valence-electron chi connectivity index (χ3n) is 4.13. The normalized spacial score (nSPS) is 11.0. The first kappa shape index (κ1) is 25.4. The highest BCUT2D eigenvalue weighted by molar-refractivity contribution is 7.79. The number of fused-ring (bicyclic) bond motifs is 1. The second-order valence-electron chi connectivity index (χ2n) is 6.34. The zero-order valence-corrected chi connectivity index (χ0v) is 17.8. The maximum absolute atomic E-state index is 12.3. The van der Waals surface area contributed by atoms with Crippen LogP contribution in [0, 0.1) is 10.1 Å². The molecule has 0 amide bonds. The largest absolute Gasteiger partial charge is 0.465 e. The van der Waals surface area contributed by atoms with Gasteiger partial charge in [-0.05, 0) is 24.6 Å². The van der Waals surface area contributed by atoms with Gasteiger partial charge in [-0.15, -0.1) is 0 Å². The molecule has 2 aromatic heterocycles. The molecule has 0 fully saturated rings. The Balaban J connectivity index is 0.000000696. The van der Waals surface area contributed by atoms with Gasteiger partial charge in [0.2, 0.25) is 0 Å². The van der Waals surface area contributed by atoms with Crippen LogP contribution in [0.25, 0.3) is 16.7 Å². The van der Waals surface area contributed by atoms with Gasteiger partial charge < -0.3 is 20.0 Å². The maximum atomic E-state index is 12.3. The molecule has 0 atom stereocenters. The summed E-state index contributed by atoms with van der Waals surface area (Å²) < 4.78 is 38.9. The van der Waals surface area contributed by atoms with Crippen molar-refractivity contribution in [3.05, 3.63) is 67.0 Å². The maximum Gasteiger partial charge on any atom is 0.394 e. The summed E-state index contributed by atoms with van der Waals surface area (Å²) in [6.45, 7) is 1.47. The minimum atomic E-state index is -4.67. The Bertz CT molecular complexity index is 1410. The number of carbonyl (C=O) groups is 1. The van der Waals surface area contributed by atoms with E-state index in [-0.39, 0.29) is 35.6 Å². The number of aromatic amines is 1. The lowest BCUT2D eigenvalue weighted by molar-refractivity contribution is -0.384. The molecule has 0 aliphatic rings. The van der Waals surface area contributed by atoms with Crippen molar-refractivity contribution in [2.24, 2.45) is 5.73 Å². The van der Waals surface area contributed by atoms with Gasteiger partial charge >= 0.3 is 27.5 Å². The molecule has 3 aromatic rings. The quantitative estimate of drug-likeness (QED) is 0.117. The molecule has 15 nitrogen and oxygen atoms in total. The van der Waals surface area contributed by atoms with E-state index in [9.17, 15) is 24.5 Å². The fourth-order valence-corrected chi connectivity index (χ4v) is 2.85. The lowest BCUT2D eigenvalue weighted by atomic mass is 10.2. The van der Waals surface area contributed by atoms with E-state index in [1.807, 2.05) is 0 Å². The third kappa shape index (κ3) is 6.56. The molecule has 0 spiro atoms. The molecule has 0 aliphatic carbocycles. The Kier molecular flexibility index (Phi) is 7.83. The minimum Gasteiger partial charge on any atom is -0.465 e. The molecule has 3 rings (SSSR count). The zero-order valence-electron chi connectivity index (χ0n) is 17.0. The van der Waals surface area contributed by atoms with Crippen LogP contribution in [0.1, 0.15) is 12.5 Å². The second-order valence-corrected chi connectivity index (χ2v) is 7.24. The summed E-state index contributed by atoms with van der Waals surface area (Å²) in [6, 6.07) is 4.21. The van der Waals surface area contributed by atoms with Crippen molar-refractivity contribution in [2.45, 2.75) is 20.0 Å². The number of hydrogen-bond acceptors (Lipinski definition) is 9. The molecule has 16 heteroatoms. The average molecular weight is 485 g/mol. The number of benzene rings is 1. The van der Waals surface area contributed by atoms with Crippen molar-refractivity contribution < 1.29 is 32.0 Å². The van der Waals surface area contributed by atoms with E-state index in [1.165, 1.54) is 10.6 Å². The molecular weight excluding hydrogens is 466 g/mol. The van der Waals surface area contributed by atoms with Crippen LogP contribution in [0.3, 0.4) is 0 Å². The standard InChI is InChI=1S/C17H17N5O6.H2O4S/c1-2-28-15(23)9-21-12-6-13(20-4-3-10(7-18)8-20)14(22(26)27)5-11(12)19-16(24)17(21)25;1-5(2,3)4/h3-6,8H,2,7,9,18H2,1H3,(H,19,24);(H2,1,2,3,4). The molecule has 0 aliphatic heterocycles. The molecule has 33 heavy (non-hydrogen) atoms. The molecule has 0 radical (unpaired) electrons. The summed E-state index contributed by atoms with van der Waals surface area (Å²) in [4.78, 5) is 49.4. The van der Waals surface area contributed by atoms with Crippen LogP contribution >= 0.6 is 0 Å². The van der Waals surface area contributed by atoms with Gasteiger partial charge in [0.25, 0.3) is 5.69 Å².